The number of nitrogens with one attached hydrogen (secondary N) is 1. The largest absolute Gasteiger partial charge is 1.00 e. The number of carboxylic acids is 2. The molecule has 0 aromatic heterocycles. The number of hydrogen-bond donors (Lipinski definition) is 3. The van der Waals surface area contributed by atoms with Gasteiger partial charge < -0.3 is 25.7 Å². The fourth-order valence-electron chi connectivity index (χ4n) is 6.26. The van der Waals surface area contributed by atoms with Crippen LogP contribution in [0.5, 0.6) is 0 Å². The molecule has 2 atom stereocenters. The van der Waals surface area contributed by atoms with E-state index in [2.05, 4.69) is 29.1 Å². The number of aliphatic imine (C=N–C) groups is 2. The predicted molar refractivity (Wildman–Crippen MR) is 218 cm³/mol. The Bertz CT molecular complexity index is 1050. The number of carbonyl (C=O) groups excluding carboxylic acids is 2. The molecular formula is C42H75N3Na2O8S. The number of carboxylic acid groups (broad SMARTS) is 2. The predicted octanol–water partition coefficient (Wildman–Crippen LogP) is 2.54. The van der Waals surface area contributed by atoms with E-state index in [-0.39, 0.29) is 89.2 Å². The van der Waals surface area contributed by atoms with Gasteiger partial charge in [0.05, 0.1) is 0 Å². The van der Waals surface area contributed by atoms with E-state index < -0.39 is 48.3 Å². The third-order valence-corrected chi connectivity index (χ3v) is 10.6. The summed E-state index contributed by atoms with van der Waals surface area (Å²) in [6, 6.07) is -2.72. The van der Waals surface area contributed by atoms with Crippen LogP contribution in [0.3, 0.4) is 0 Å². The summed E-state index contributed by atoms with van der Waals surface area (Å²) < 4.78 is 0. The first-order chi connectivity index (χ1) is 26.1. The number of rotatable bonds is 39. The summed E-state index contributed by atoms with van der Waals surface area (Å²) >= 11 is 0.880. The molecule has 314 valence electrons. The number of thioether (sulfide) groups is 1. The summed E-state index contributed by atoms with van der Waals surface area (Å²) in [5.74, 6) is -4.83. The molecule has 0 fully saturated rings. The van der Waals surface area contributed by atoms with Crippen LogP contribution in [0.4, 0.5) is 0 Å². The monoisotopic (exact) mass is 828 g/mol. The first-order valence-electron chi connectivity index (χ1n) is 21.5. The van der Waals surface area contributed by atoms with Gasteiger partial charge in [-0.05, 0) is 43.9 Å². The maximum Gasteiger partial charge on any atom is 1.00 e. The fourth-order valence-corrected chi connectivity index (χ4v) is 7.12. The van der Waals surface area contributed by atoms with Crippen molar-refractivity contribution in [2.24, 2.45) is 9.98 Å². The summed E-state index contributed by atoms with van der Waals surface area (Å²) in [7, 11) is 0. The van der Waals surface area contributed by atoms with Crippen LogP contribution in [-0.2, 0) is 19.2 Å². The second kappa shape index (κ2) is 43.9. The van der Waals surface area contributed by atoms with Gasteiger partial charge in [-0.3, -0.25) is 24.4 Å². The van der Waals surface area contributed by atoms with Crippen molar-refractivity contribution in [3.8, 4) is 0 Å². The van der Waals surface area contributed by atoms with Gasteiger partial charge in [-0.2, -0.15) is 0 Å². The van der Waals surface area contributed by atoms with Crippen LogP contribution in [0.1, 0.15) is 206 Å². The zero-order chi connectivity index (χ0) is 40.1. The summed E-state index contributed by atoms with van der Waals surface area (Å²) in [5.41, 5.74) is 0. The second-order valence-corrected chi connectivity index (χ2v) is 15.8. The second-order valence-electron chi connectivity index (χ2n) is 14.7. The van der Waals surface area contributed by atoms with Crippen molar-refractivity contribution >= 4 is 46.5 Å². The Morgan fingerprint density at radius 2 is 0.893 bits per heavy atom. The Labute approximate surface area is 388 Å². The molecule has 0 saturated carbocycles. The Morgan fingerprint density at radius 1 is 0.536 bits per heavy atom. The molecule has 11 nitrogen and oxygen atoms in total. The molecular weight excluding hydrogens is 753 g/mol. The van der Waals surface area contributed by atoms with Gasteiger partial charge in [-0.15, -0.1) is 0 Å². The van der Waals surface area contributed by atoms with E-state index in [1.54, 1.807) is 0 Å². The van der Waals surface area contributed by atoms with Crippen LogP contribution < -0.4 is 74.6 Å². The maximum absolute atomic E-state index is 12.7. The first-order valence-corrected chi connectivity index (χ1v) is 22.4. The quantitative estimate of drug-likeness (QED) is 0.0362. The smallest absolute Gasteiger partial charge is 0.862 e. The van der Waals surface area contributed by atoms with Crippen LogP contribution in [0.15, 0.2) is 9.98 Å². The normalized spacial score (nSPS) is 12.7. The molecule has 0 aliphatic heterocycles. The molecule has 14 heteroatoms. The molecule has 0 rings (SSSR count). The van der Waals surface area contributed by atoms with E-state index in [4.69, 9.17) is 5.11 Å². The summed E-state index contributed by atoms with van der Waals surface area (Å²) in [5, 5.41) is 45.7. The van der Waals surface area contributed by atoms with E-state index in [0.29, 0.717) is 12.8 Å². The Kier molecular flexibility index (Phi) is 46.8. The molecule has 0 saturated heterocycles. The van der Waals surface area contributed by atoms with E-state index in [9.17, 15) is 34.5 Å². The molecule has 0 heterocycles. The topological polar surface area (TPSA) is 192 Å². The Balaban J connectivity index is -0.0000140. The van der Waals surface area contributed by atoms with E-state index in [1.807, 2.05) is 0 Å². The molecule has 0 unspecified atom stereocenters. The van der Waals surface area contributed by atoms with Gasteiger partial charge in [0.2, 0.25) is 5.91 Å². The van der Waals surface area contributed by atoms with Crippen molar-refractivity contribution in [1.82, 2.24) is 5.32 Å². The number of hydrogen-bond acceptors (Lipinski definition) is 9. The SMILES string of the molecule is CCCCCCCCCCCCCCCC(=O)SC[C@H](N=C([O-])CC[C@H](N=C([O-])CCCCCCCCCCCCCCC)C(=O)O)C(=O)NCC(=O)O.[Na+].[Na+]. The number of carbonyl (C=O) groups is 4. The van der Waals surface area contributed by atoms with Gasteiger partial charge in [-0.1, -0.05) is 180 Å². The van der Waals surface area contributed by atoms with E-state index in [0.717, 1.165) is 56.7 Å². The summed E-state index contributed by atoms with van der Waals surface area (Å²) in [6.07, 6.45) is 30.6. The fraction of sp³-hybridized carbons (Fsp3) is 0.857. The number of amides is 1. The first kappa shape index (κ1) is 59.7. The Morgan fingerprint density at radius 3 is 1.29 bits per heavy atom. The number of unbranched alkanes of at least 4 members (excludes halogenated alkanes) is 24. The molecule has 0 aromatic rings. The summed E-state index contributed by atoms with van der Waals surface area (Å²) in [4.78, 5) is 55.6. The van der Waals surface area contributed by atoms with Gasteiger partial charge >= 0.3 is 71.1 Å². The van der Waals surface area contributed by atoms with Gasteiger partial charge in [0.15, 0.2) is 5.12 Å². The molecule has 0 aromatic carbocycles. The standard InChI is InChI=1S/C42H77N3O8S.2Na/c1-3-5-7-9-11-13-15-17-19-21-23-25-27-29-37(46)44-35(42(52)53)31-32-38(47)45-36(41(51)43-33-39(48)49)34-54-40(50)30-28-26-24-22-20-18-16-14-12-10-8-6-4-2;;/h35-36H,3-34H2,1-2H3,(H,43,51)(H,44,46)(H,45,47)(H,48,49)(H,52,53);;/q;2*+1/p-2/t35-,36-;;/m0../s1. The molecule has 56 heavy (non-hydrogen) atoms. The van der Waals surface area contributed by atoms with Crippen molar-refractivity contribution in [3.05, 3.63) is 0 Å². The van der Waals surface area contributed by atoms with Crippen molar-refractivity contribution in [2.45, 2.75) is 219 Å². The van der Waals surface area contributed by atoms with Crippen molar-refractivity contribution < 1.29 is 98.7 Å². The third kappa shape index (κ3) is 40.2. The maximum atomic E-state index is 12.7. The number of nitrogens with zero attached hydrogens (tertiary/aromatic N) is 2. The minimum atomic E-state index is -1.41. The van der Waals surface area contributed by atoms with Crippen LogP contribution in [0, 0.1) is 0 Å². The third-order valence-electron chi connectivity index (χ3n) is 9.61. The van der Waals surface area contributed by atoms with Crippen LogP contribution in [-0.4, -0.2) is 69.4 Å². The van der Waals surface area contributed by atoms with E-state index >= 15 is 0 Å². The molecule has 0 bridgehead atoms. The van der Waals surface area contributed by atoms with Gasteiger partial charge in [0.25, 0.3) is 0 Å². The molecule has 1 amide bonds. The summed E-state index contributed by atoms with van der Waals surface area (Å²) in [6.45, 7) is 3.79. The van der Waals surface area contributed by atoms with Crippen molar-refractivity contribution in [1.29, 1.82) is 0 Å². The average molecular weight is 828 g/mol. The molecule has 0 spiro atoms. The van der Waals surface area contributed by atoms with Crippen molar-refractivity contribution in [3.63, 3.8) is 0 Å². The van der Waals surface area contributed by atoms with Gasteiger partial charge in [0, 0.05) is 12.2 Å². The zero-order valence-corrected chi connectivity index (χ0v) is 40.7. The van der Waals surface area contributed by atoms with Crippen LogP contribution in [0.2, 0.25) is 0 Å². The molecule has 0 radical (unpaired) electrons. The molecule has 0 aliphatic carbocycles. The van der Waals surface area contributed by atoms with Gasteiger partial charge in [0.1, 0.15) is 18.6 Å². The number of aliphatic carboxylic acids is 2. The Hall–Kier alpha value is -0.630. The molecule has 3 N–H and O–H groups in total. The van der Waals surface area contributed by atoms with Crippen molar-refractivity contribution in [2.75, 3.05) is 12.3 Å². The minimum Gasteiger partial charge on any atom is -0.862 e. The average Bonchev–Trinajstić information content (AvgIpc) is 3.14. The minimum absolute atomic E-state index is 0. The van der Waals surface area contributed by atoms with Crippen LogP contribution >= 0.6 is 11.8 Å². The van der Waals surface area contributed by atoms with Gasteiger partial charge in [-0.25, -0.2) is 4.79 Å². The van der Waals surface area contributed by atoms with E-state index in [1.165, 1.54) is 116 Å². The zero-order valence-electron chi connectivity index (χ0n) is 35.9. The molecule has 0 aliphatic rings. The van der Waals surface area contributed by atoms with Crippen LogP contribution in [0.25, 0.3) is 0 Å².